The van der Waals surface area contributed by atoms with Crippen LogP contribution in [0.3, 0.4) is 0 Å². The van der Waals surface area contributed by atoms with Crippen molar-refractivity contribution in [3.05, 3.63) is 83.1 Å². The minimum Gasteiger partial charge on any atom is -0.439 e. The fraction of sp³-hybridized carbons (Fsp3) is 0.261. The van der Waals surface area contributed by atoms with E-state index >= 15 is 0 Å². The summed E-state index contributed by atoms with van der Waals surface area (Å²) in [4.78, 5) is 15.1. The lowest BCUT2D eigenvalue weighted by Gasteiger charge is -2.28. The van der Waals surface area contributed by atoms with Crippen molar-refractivity contribution in [3.8, 4) is 0 Å². The molecule has 0 radical (unpaired) electrons. The number of amides is 1. The highest BCUT2D eigenvalue weighted by atomic mass is 35.5. The van der Waals surface area contributed by atoms with Crippen molar-refractivity contribution in [1.82, 2.24) is 10.2 Å². The fourth-order valence-corrected chi connectivity index (χ4v) is 5.10. The number of likely N-dealkylation sites (tertiary alicyclic amines) is 1. The molecule has 0 bridgehead atoms. The maximum atomic E-state index is 12.7. The van der Waals surface area contributed by atoms with Gasteiger partial charge >= 0.3 is 0 Å². The van der Waals surface area contributed by atoms with Crippen molar-refractivity contribution in [2.75, 3.05) is 19.6 Å². The maximum absolute atomic E-state index is 12.7. The molecule has 0 saturated carbocycles. The molecule has 2 aromatic carbocycles. The summed E-state index contributed by atoms with van der Waals surface area (Å²) >= 11 is 6.02. The molecule has 1 aliphatic heterocycles. The predicted octanol–water partition coefficient (Wildman–Crippen LogP) is 4.33. The molecule has 2 heterocycles. The third-order valence-corrected chi connectivity index (χ3v) is 7.31. The van der Waals surface area contributed by atoms with E-state index in [0.717, 1.165) is 31.5 Å². The molecule has 0 spiro atoms. The number of carbonyl (C=O) groups excluding carboxylic acids is 1. The SMILES string of the molecule is O=C(NCC(c1ccc(Cl)cc1)N1CCCC1)c1ccc(S(=O)(=O)c2ccccc2)o1. The Labute approximate surface area is 186 Å². The van der Waals surface area contributed by atoms with Crippen molar-refractivity contribution >= 4 is 27.3 Å². The molecule has 1 fully saturated rings. The normalized spacial score (nSPS) is 15.6. The van der Waals surface area contributed by atoms with Crippen LogP contribution >= 0.6 is 11.6 Å². The highest BCUT2D eigenvalue weighted by Crippen LogP contribution is 2.26. The Bertz CT molecular complexity index is 1140. The molecule has 1 N–H and O–H groups in total. The van der Waals surface area contributed by atoms with Gasteiger partial charge in [0.2, 0.25) is 14.9 Å². The van der Waals surface area contributed by atoms with E-state index in [0.29, 0.717) is 11.6 Å². The van der Waals surface area contributed by atoms with Gasteiger partial charge in [-0.25, -0.2) is 8.42 Å². The lowest BCUT2D eigenvalue weighted by atomic mass is 10.1. The highest BCUT2D eigenvalue weighted by molar-refractivity contribution is 7.91. The zero-order valence-electron chi connectivity index (χ0n) is 16.8. The molecular weight excluding hydrogens is 436 g/mol. The molecule has 8 heteroatoms. The van der Waals surface area contributed by atoms with Crippen LogP contribution in [-0.4, -0.2) is 38.9 Å². The molecule has 1 aliphatic rings. The Morgan fingerprint density at radius 2 is 1.68 bits per heavy atom. The molecule has 6 nitrogen and oxygen atoms in total. The van der Waals surface area contributed by atoms with Gasteiger partial charge in [-0.3, -0.25) is 9.69 Å². The average Bonchev–Trinajstić information content (AvgIpc) is 3.48. The lowest BCUT2D eigenvalue weighted by Crippen LogP contribution is -2.36. The van der Waals surface area contributed by atoms with Gasteiger partial charge in [-0.1, -0.05) is 41.9 Å². The molecule has 1 unspecified atom stereocenters. The van der Waals surface area contributed by atoms with E-state index in [9.17, 15) is 13.2 Å². The van der Waals surface area contributed by atoms with Gasteiger partial charge in [-0.05, 0) is 67.9 Å². The number of carbonyl (C=O) groups is 1. The predicted molar refractivity (Wildman–Crippen MR) is 118 cm³/mol. The van der Waals surface area contributed by atoms with Crippen LogP contribution in [0.5, 0.6) is 0 Å². The largest absolute Gasteiger partial charge is 0.439 e. The van der Waals surface area contributed by atoms with Crippen LogP contribution < -0.4 is 5.32 Å². The van der Waals surface area contributed by atoms with Gasteiger partial charge in [0.25, 0.3) is 5.91 Å². The average molecular weight is 459 g/mol. The molecule has 1 atom stereocenters. The van der Waals surface area contributed by atoms with E-state index in [1.54, 1.807) is 18.2 Å². The van der Waals surface area contributed by atoms with Crippen LogP contribution in [-0.2, 0) is 9.84 Å². The lowest BCUT2D eigenvalue weighted by molar-refractivity contribution is 0.0905. The number of nitrogens with one attached hydrogen (secondary N) is 1. The first kappa shape index (κ1) is 21.6. The number of furan rings is 1. The van der Waals surface area contributed by atoms with E-state index in [-0.39, 0.29) is 21.8 Å². The third-order valence-electron chi connectivity index (χ3n) is 5.42. The Balaban J connectivity index is 1.48. The van der Waals surface area contributed by atoms with E-state index in [1.165, 1.54) is 24.3 Å². The zero-order valence-corrected chi connectivity index (χ0v) is 18.4. The standard InChI is InChI=1S/C23H23ClN2O4S/c24-18-10-8-17(9-11-18)20(26-14-4-5-15-26)16-25-23(27)21-12-13-22(30-21)31(28,29)19-6-2-1-3-7-19/h1-3,6-13,20H,4-5,14-16H2,(H,25,27). The summed E-state index contributed by atoms with van der Waals surface area (Å²) in [5.74, 6) is -0.488. The van der Waals surface area contributed by atoms with Crippen molar-refractivity contribution in [2.24, 2.45) is 0 Å². The summed E-state index contributed by atoms with van der Waals surface area (Å²) in [6.45, 7) is 2.30. The van der Waals surface area contributed by atoms with Crippen molar-refractivity contribution in [3.63, 3.8) is 0 Å². The third kappa shape index (κ3) is 4.84. The maximum Gasteiger partial charge on any atom is 0.287 e. The first-order valence-corrected chi connectivity index (χ1v) is 12.0. The summed E-state index contributed by atoms with van der Waals surface area (Å²) in [5, 5.41) is 3.30. The first-order chi connectivity index (χ1) is 14.9. The van der Waals surface area contributed by atoms with Crippen molar-refractivity contribution < 1.29 is 17.6 Å². The topological polar surface area (TPSA) is 79.6 Å². The van der Waals surface area contributed by atoms with Gasteiger partial charge in [0.1, 0.15) is 0 Å². The van der Waals surface area contributed by atoms with Crippen molar-refractivity contribution in [2.45, 2.75) is 28.9 Å². The summed E-state index contributed by atoms with van der Waals surface area (Å²) < 4.78 is 30.8. The van der Waals surface area contributed by atoms with Crippen LogP contribution in [0, 0.1) is 0 Å². The number of nitrogens with zero attached hydrogens (tertiary/aromatic N) is 1. The molecule has 1 aromatic heterocycles. The Morgan fingerprint density at radius 3 is 2.35 bits per heavy atom. The van der Waals surface area contributed by atoms with Gasteiger partial charge < -0.3 is 9.73 Å². The Kier molecular flexibility index (Phi) is 6.46. The molecule has 0 aliphatic carbocycles. The minimum absolute atomic E-state index is 0.00574. The number of benzene rings is 2. The fourth-order valence-electron chi connectivity index (χ4n) is 3.77. The van der Waals surface area contributed by atoms with Gasteiger partial charge in [-0.15, -0.1) is 0 Å². The van der Waals surface area contributed by atoms with Gasteiger partial charge in [0.05, 0.1) is 10.9 Å². The quantitative estimate of drug-likeness (QED) is 0.570. The Hall–Kier alpha value is -2.61. The summed E-state index contributed by atoms with van der Waals surface area (Å²) in [7, 11) is -3.81. The van der Waals surface area contributed by atoms with Crippen molar-refractivity contribution in [1.29, 1.82) is 0 Å². The molecule has 1 amide bonds. The molecule has 1 saturated heterocycles. The van der Waals surface area contributed by atoms with E-state index in [4.69, 9.17) is 16.0 Å². The number of sulfone groups is 1. The molecule has 162 valence electrons. The monoisotopic (exact) mass is 458 g/mol. The second kappa shape index (κ2) is 9.26. The highest BCUT2D eigenvalue weighted by Gasteiger charge is 2.26. The van der Waals surface area contributed by atoms with E-state index < -0.39 is 15.7 Å². The zero-order chi connectivity index (χ0) is 21.8. The number of hydrogen-bond acceptors (Lipinski definition) is 5. The van der Waals surface area contributed by atoms with E-state index in [1.807, 2.05) is 24.3 Å². The van der Waals surface area contributed by atoms with E-state index in [2.05, 4.69) is 10.2 Å². The summed E-state index contributed by atoms with van der Waals surface area (Å²) in [5.41, 5.74) is 1.07. The van der Waals surface area contributed by atoms with Gasteiger partial charge in [0.15, 0.2) is 5.76 Å². The molecule has 31 heavy (non-hydrogen) atoms. The number of hydrogen-bond donors (Lipinski definition) is 1. The summed E-state index contributed by atoms with van der Waals surface area (Å²) in [6.07, 6.45) is 2.24. The van der Waals surface area contributed by atoms with Crippen LogP contribution in [0.2, 0.25) is 5.02 Å². The van der Waals surface area contributed by atoms with Gasteiger partial charge in [0, 0.05) is 11.6 Å². The molecule has 3 aromatic rings. The smallest absolute Gasteiger partial charge is 0.287 e. The minimum atomic E-state index is -3.81. The molecule has 4 rings (SSSR count). The van der Waals surface area contributed by atoms with Crippen LogP contribution in [0.1, 0.15) is 35.0 Å². The van der Waals surface area contributed by atoms with Gasteiger partial charge in [-0.2, -0.15) is 0 Å². The molecular formula is C23H23ClN2O4S. The van der Waals surface area contributed by atoms with Crippen LogP contribution in [0.15, 0.2) is 81.1 Å². The number of halogens is 1. The summed E-state index contributed by atoms with van der Waals surface area (Å²) in [6, 6.07) is 18.3. The van der Waals surface area contributed by atoms with Crippen LogP contribution in [0.25, 0.3) is 0 Å². The second-order valence-corrected chi connectivity index (χ2v) is 9.77. The van der Waals surface area contributed by atoms with Crippen LogP contribution in [0.4, 0.5) is 0 Å². The first-order valence-electron chi connectivity index (χ1n) is 10.1. The Morgan fingerprint density at radius 1 is 1.00 bits per heavy atom. The second-order valence-electron chi connectivity index (χ2n) is 7.46. The number of rotatable bonds is 7.